The molecular formula is C19H18BF2N5O2. The zero-order valence-electron chi connectivity index (χ0n) is 15.4. The topological polar surface area (TPSA) is 106 Å². The molecule has 1 fully saturated rings. The van der Waals surface area contributed by atoms with Crippen LogP contribution < -0.4 is 10.8 Å². The van der Waals surface area contributed by atoms with E-state index in [1.165, 1.54) is 12.4 Å². The van der Waals surface area contributed by atoms with E-state index in [4.69, 9.17) is 5.26 Å². The maximum atomic E-state index is 13.4. The molecule has 1 saturated carbocycles. The Morgan fingerprint density at radius 1 is 1.21 bits per heavy atom. The summed E-state index contributed by atoms with van der Waals surface area (Å²) in [6, 6.07) is 8.80. The third-order valence-corrected chi connectivity index (χ3v) is 5.18. The van der Waals surface area contributed by atoms with Gasteiger partial charge in [-0.2, -0.15) is 10.4 Å². The molecule has 0 aliphatic heterocycles. The minimum absolute atomic E-state index is 0.173. The summed E-state index contributed by atoms with van der Waals surface area (Å²) in [5.74, 6) is -2.64. The van der Waals surface area contributed by atoms with E-state index < -0.39 is 13.0 Å². The van der Waals surface area contributed by atoms with Crippen LogP contribution in [0.25, 0.3) is 16.9 Å². The molecule has 3 heterocycles. The van der Waals surface area contributed by atoms with Gasteiger partial charge < -0.3 is 15.4 Å². The minimum Gasteiger partial charge on any atom is -0.423 e. The molecule has 0 radical (unpaired) electrons. The highest BCUT2D eigenvalue weighted by Crippen LogP contribution is 2.34. The predicted octanol–water partition coefficient (Wildman–Crippen LogP) is 1.94. The van der Waals surface area contributed by atoms with Crippen LogP contribution in [0.3, 0.4) is 0 Å². The molecule has 7 nitrogen and oxygen atoms in total. The zero-order chi connectivity index (χ0) is 20.6. The maximum Gasteiger partial charge on any atom is 0.492 e. The summed E-state index contributed by atoms with van der Waals surface area (Å²) in [5, 5.41) is 35.8. The fraction of sp³-hybridized carbons (Fsp3) is 0.316. The van der Waals surface area contributed by atoms with E-state index in [9.17, 15) is 18.8 Å². The summed E-state index contributed by atoms with van der Waals surface area (Å²) in [6.45, 7) is 0. The predicted molar refractivity (Wildman–Crippen MR) is 104 cm³/mol. The fourth-order valence-electron chi connectivity index (χ4n) is 3.60. The van der Waals surface area contributed by atoms with E-state index in [0.29, 0.717) is 22.6 Å². The van der Waals surface area contributed by atoms with Gasteiger partial charge in [-0.15, -0.1) is 0 Å². The van der Waals surface area contributed by atoms with Crippen LogP contribution in [0.4, 0.5) is 14.5 Å². The molecule has 1 aliphatic rings. The van der Waals surface area contributed by atoms with E-state index in [1.54, 1.807) is 28.8 Å². The number of hydrogen-bond donors (Lipinski definition) is 3. The largest absolute Gasteiger partial charge is 0.492 e. The van der Waals surface area contributed by atoms with Gasteiger partial charge in [0, 0.05) is 36.2 Å². The summed E-state index contributed by atoms with van der Waals surface area (Å²) in [7, 11) is -1.75. The van der Waals surface area contributed by atoms with Gasteiger partial charge in [-0.05, 0) is 37.1 Å². The summed E-state index contributed by atoms with van der Waals surface area (Å²) in [4.78, 5) is 4.31. The Labute approximate surface area is 165 Å². The Morgan fingerprint density at radius 3 is 2.66 bits per heavy atom. The Morgan fingerprint density at radius 2 is 1.97 bits per heavy atom. The van der Waals surface area contributed by atoms with Crippen LogP contribution in [0.2, 0.25) is 0 Å². The first kappa shape index (κ1) is 19.3. The lowest BCUT2D eigenvalue weighted by Crippen LogP contribution is -2.37. The second kappa shape index (κ2) is 7.42. The summed E-state index contributed by atoms with van der Waals surface area (Å²) in [5.41, 5.74) is 2.94. The van der Waals surface area contributed by atoms with Crippen LogP contribution in [0.1, 0.15) is 31.2 Å². The zero-order valence-corrected chi connectivity index (χ0v) is 15.4. The smallest absolute Gasteiger partial charge is 0.423 e. The summed E-state index contributed by atoms with van der Waals surface area (Å²) < 4.78 is 28.5. The average Bonchev–Trinajstić information content (AvgIpc) is 3.12. The second-order valence-corrected chi connectivity index (χ2v) is 7.22. The third kappa shape index (κ3) is 3.92. The van der Waals surface area contributed by atoms with E-state index in [-0.39, 0.29) is 37.2 Å². The molecule has 3 aromatic heterocycles. The number of aromatic nitrogens is 3. The third-order valence-electron chi connectivity index (χ3n) is 5.18. The van der Waals surface area contributed by atoms with Crippen LogP contribution >= 0.6 is 0 Å². The number of alkyl halides is 2. The molecule has 0 amide bonds. The quantitative estimate of drug-likeness (QED) is 0.581. The first-order valence-corrected chi connectivity index (χ1v) is 9.25. The van der Waals surface area contributed by atoms with Gasteiger partial charge in [0.05, 0.1) is 28.7 Å². The van der Waals surface area contributed by atoms with Gasteiger partial charge in [-0.1, -0.05) is 0 Å². The number of nitrogens with one attached hydrogen (secondary N) is 1. The van der Waals surface area contributed by atoms with Crippen molar-refractivity contribution in [2.45, 2.75) is 37.6 Å². The maximum absolute atomic E-state index is 13.4. The summed E-state index contributed by atoms with van der Waals surface area (Å²) >= 11 is 0. The fourth-order valence-corrected chi connectivity index (χ4v) is 3.60. The average molecular weight is 397 g/mol. The van der Waals surface area contributed by atoms with Gasteiger partial charge in [0.25, 0.3) is 0 Å². The number of fused-ring (bicyclic) bond motifs is 1. The van der Waals surface area contributed by atoms with Crippen LogP contribution in [0.15, 0.2) is 36.7 Å². The molecule has 3 N–H and O–H groups in total. The number of nitrogens with zero attached hydrogens (tertiary/aromatic N) is 4. The molecule has 0 saturated heterocycles. The van der Waals surface area contributed by atoms with Crippen LogP contribution in [-0.2, 0) is 0 Å². The van der Waals surface area contributed by atoms with Crippen molar-refractivity contribution in [1.29, 1.82) is 5.26 Å². The lowest BCUT2D eigenvalue weighted by molar-refractivity contribution is -0.0360. The van der Waals surface area contributed by atoms with E-state index in [1.807, 2.05) is 6.07 Å². The van der Waals surface area contributed by atoms with Gasteiger partial charge >= 0.3 is 7.12 Å². The number of rotatable bonds is 4. The first-order valence-electron chi connectivity index (χ1n) is 9.25. The van der Waals surface area contributed by atoms with Crippen molar-refractivity contribution in [2.75, 3.05) is 5.32 Å². The number of hydrogen-bond acceptors (Lipinski definition) is 6. The van der Waals surface area contributed by atoms with Gasteiger partial charge in [-0.3, -0.25) is 4.98 Å². The molecule has 29 heavy (non-hydrogen) atoms. The molecule has 3 aromatic rings. The van der Waals surface area contributed by atoms with Crippen molar-refractivity contribution in [3.8, 4) is 17.5 Å². The molecule has 1 aliphatic carbocycles. The van der Waals surface area contributed by atoms with Crippen LogP contribution in [0, 0.1) is 11.3 Å². The molecule has 0 bridgehead atoms. The van der Waals surface area contributed by atoms with Gasteiger partial charge in [-0.25, -0.2) is 13.3 Å². The van der Waals surface area contributed by atoms with Crippen molar-refractivity contribution in [3.63, 3.8) is 0 Å². The molecule has 148 valence electrons. The monoisotopic (exact) mass is 397 g/mol. The van der Waals surface area contributed by atoms with Crippen molar-refractivity contribution in [1.82, 2.24) is 14.6 Å². The van der Waals surface area contributed by atoms with Crippen LogP contribution in [0.5, 0.6) is 0 Å². The summed E-state index contributed by atoms with van der Waals surface area (Å²) in [6.07, 6.45) is 2.98. The van der Waals surface area contributed by atoms with Crippen LogP contribution in [-0.4, -0.2) is 43.7 Å². The van der Waals surface area contributed by atoms with Crippen molar-refractivity contribution >= 4 is 23.8 Å². The van der Waals surface area contributed by atoms with Crippen molar-refractivity contribution in [2.24, 2.45) is 0 Å². The highest BCUT2D eigenvalue weighted by atomic mass is 19.3. The molecule has 0 spiro atoms. The molecule has 4 rings (SSSR count). The van der Waals surface area contributed by atoms with E-state index >= 15 is 0 Å². The first-order chi connectivity index (χ1) is 13.9. The Kier molecular flexibility index (Phi) is 4.94. The Bertz CT molecular complexity index is 1090. The van der Waals surface area contributed by atoms with Gasteiger partial charge in [0.2, 0.25) is 5.92 Å². The van der Waals surface area contributed by atoms with Crippen molar-refractivity contribution < 1.29 is 18.8 Å². The highest BCUT2D eigenvalue weighted by molar-refractivity contribution is 6.60. The molecule has 0 atom stereocenters. The molecule has 10 heteroatoms. The number of anilines is 1. The van der Waals surface area contributed by atoms with Crippen molar-refractivity contribution in [3.05, 3.63) is 42.2 Å². The standard InChI is InChI=1S/C19H18BF2N5O2/c21-19(22)5-3-13(4-6-19)26-16-8-17(24-11-15(16)20(28)29)18-2-1-14-7-12(9-23)10-25-27(14)18/h1-2,7-8,10-11,13,28-29H,3-6H2,(H,24,26). The van der Waals surface area contributed by atoms with E-state index in [2.05, 4.69) is 15.4 Å². The SMILES string of the molecule is N#Cc1cnn2c(-c3cc(NC4CCC(F)(F)CC4)c(B(O)O)cn3)ccc2c1. The molecule has 0 aromatic carbocycles. The molecule has 0 unspecified atom stereocenters. The molecular weight excluding hydrogens is 379 g/mol. The number of pyridine rings is 1. The Hall–Kier alpha value is -3.03. The Balaban J connectivity index is 1.68. The lowest BCUT2D eigenvalue weighted by Gasteiger charge is -2.30. The van der Waals surface area contributed by atoms with Gasteiger partial charge in [0.1, 0.15) is 6.07 Å². The second-order valence-electron chi connectivity index (χ2n) is 7.22. The number of halogens is 2. The normalized spacial score (nSPS) is 16.5. The lowest BCUT2D eigenvalue weighted by atomic mass is 9.79. The van der Waals surface area contributed by atoms with E-state index in [0.717, 1.165) is 5.52 Å². The number of nitriles is 1. The van der Waals surface area contributed by atoms with Gasteiger partial charge in [0.15, 0.2) is 0 Å². The minimum atomic E-state index is -2.64. The highest BCUT2D eigenvalue weighted by Gasteiger charge is 2.35.